The maximum atomic E-state index is 14.0. The monoisotopic (exact) mass is 428 g/mol. The second kappa shape index (κ2) is 7.39. The lowest BCUT2D eigenvalue weighted by molar-refractivity contribution is -0.0659. The number of carbonyl (C=O) groups excluding carboxylic acids is 1. The Morgan fingerprint density at radius 3 is 2.74 bits per heavy atom. The molecule has 4 atom stereocenters. The van der Waals surface area contributed by atoms with Crippen LogP contribution in [0.25, 0.3) is 17.2 Å². The summed E-state index contributed by atoms with van der Waals surface area (Å²) in [7, 11) is 0. The van der Waals surface area contributed by atoms with Crippen LogP contribution in [0.3, 0.4) is 0 Å². The quantitative estimate of drug-likeness (QED) is 0.707. The van der Waals surface area contributed by atoms with E-state index >= 15 is 0 Å². The van der Waals surface area contributed by atoms with Crippen molar-refractivity contribution in [1.82, 2.24) is 10.3 Å². The van der Waals surface area contributed by atoms with E-state index in [0.717, 1.165) is 11.1 Å². The van der Waals surface area contributed by atoms with Crippen LogP contribution in [0.4, 0.5) is 18.0 Å². The van der Waals surface area contributed by atoms with Crippen LogP contribution in [-0.2, 0) is 4.74 Å². The number of rotatable bonds is 3. The van der Waals surface area contributed by atoms with Crippen LogP contribution in [0.2, 0.25) is 0 Å². The van der Waals surface area contributed by atoms with E-state index in [1.807, 2.05) is 30.4 Å². The maximum Gasteiger partial charge on any atom is 0.407 e. The minimum atomic E-state index is -2.64. The van der Waals surface area contributed by atoms with Gasteiger partial charge in [-0.25, -0.2) is 18.0 Å². The molecule has 2 saturated carbocycles. The van der Waals surface area contributed by atoms with Gasteiger partial charge in [0.15, 0.2) is 0 Å². The van der Waals surface area contributed by atoms with E-state index in [2.05, 4.69) is 10.3 Å². The summed E-state index contributed by atoms with van der Waals surface area (Å²) in [6.07, 6.45) is 5.74. The number of hydrogen-bond donors (Lipinski definition) is 1. The summed E-state index contributed by atoms with van der Waals surface area (Å²) >= 11 is 0. The van der Waals surface area contributed by atoms with E-state index in [1.54, 1.807) is 12.3 Å². The number of alkyl carbamates (subject to hydrolysis) is 1. The minimum absolute atomic E-state index is 0.0736. The topological polar surface area (TPSA) is 51.2 Å². The lowest BCUT2D eigenvalue weighted by Gasteiger charge is -2.34. The van der Waals surface area contributed by atoms with Crippen LogP contribution in [0.1, 0.15) is 31.4 Å². The number of pyridine rings is 1. The van der Waals surface area contributed by atoms with Crippen molar-refractivity contribution >= 4 is 12.2 Å². The number of halogens is 3. The Bertz CT molecular complexity index is 1020. The molecule has 2 aliphatic carbocycles. The Labute approximate surface area is 178 Å². The van der Waals surface area contributed by atoms with Gasteiger partial charge < -0.3 is 10.1 Å². The Morgan fingerprint density at radius 1 is 1.16 bits per heavy atom. The van der Waals surface area contributed by atoms with Crippen molar-refractivity contribution in [2.45, 2.75) is 37.1 Å². The van der Waals surface area contributed by atoms with Crippen molar-refractivity contribution in [3.8, 4) is 11.1 Å². The number of carbonyl (C=O) groups is 1. The number of nitrogens with zero attached hydrogens (tertiary/aromatic N) is 1. The van der Waals surface area contributed by atoms with Gasteiger partial charge in [0.25, 0.3) is 0 Å². The molecule has 1 aromatic heterocycles. The molecule has 1 spiro atoms. The summed E-state index contributed by atoms with van der Waals surface area (Å²) in [6.45, 7) is 0.200. The first-order valence-electron chi connectivity index (χ1n) is 10.6. The molecule has 7 heteroatoms. The molecule has 1 amide bonds. The number of alkyl halides is 2. The Morgan fingerprint density at radius 2 is 2.03 bits per heavy atom. The van der Waals surface area contributed by atoms with Crippen LogP contribution in [0, 0.1) is 23.6 Å². The lowest BCUT2D eigenvalue weighted by Crippen LogP contribution is -2.47. The summed E-state index contributed by atoms with van der Waals surface area (Å²) in [5, 5.41) is 2.92. The summed E-state index contributed by atoms with van der Waals surface area (Å²) in [5.74, 6) is -3.11. The number of aromatic nitrogens is 1. The zero-order chi connectivity index (χ0) is 21.6. The molecule has 31 heavy (non-hydrogen) atoms. The fourth-order valence-corrected chi connectivity index (χ4v) is 5.59. The average molecular weight is 428 g/mol. The summed E-state index contributed by atoms with van der Waals surface area (Å²) in [6, 6.07) is 10.0. The molecule has 3 fully saturated rings. The molecule has 1 N–H and O–H groups in total. The molecule has 1 aromatic carbocycles. The van der Waals surface area contributed by atoms with E-state index in [4.69, 9.17) is 4.74 Å². The number of nitrogens with one attached hydrogen (secondary N) is 1. The number of hydrogen-bond acceptors (Lipinski definition) is 3. The van der Waals surface area contributed by atoms with Crippen molar-refractivity contribution in [1.29, 1.82) is 0 Å². The van der Waals surface area contributed by atoms with E-state index in [-0.39, 0.29) is 43.0 Å². The molecule has 162 valence electrons. The minimum Gasteiger partial charge on any atom is -0.447 e. The highest BCUT2D eigenvalue weighted by molar-refractivity contribution is 5.71. The van der Waals surface area contributed by atoms with Gasteiger partial charge in [-0.15, -0.1) is 0 Å². The van der Waals surface area contributed by atoms with Crippen LogP contribution in [0.15, 0.2) is 48.7 Å². The first-order chi connectivity index (χ1) is 14.8. The van der Waals surface area contributed by atoms with Crippen molar-refractivity contribution in [2.24, 2.45) is 17.8 Å². The van der Waals surface area contributed by atoms with Crippen LogP contribution < -0.4 is 5.32 Å². The smallest absolute Gasteiger partial charge is 0.407 e. The number of ether oxygens (including phenoxy) is 1. The Hall–Kier alpha value is -2.83. The van der Waals surface area contributed by atoms with Gasteiger partial charge in [0.1, 0.15) is 12.4 Å². The van der Waals surface area contributed by atoms with Gasteiger partial charge in [-0.2, -0.15) is 0 Å². The summed E-state index contributed by atoms with van der Waals surface area (Å²) < 4.78 is 46.7. The van der Waals surface area contributed by atoms with Gasteiger partial charge in [-0.1, -0.05) is 24.3 Å². The van der Waals surface area contributed by atoms with Crippen LogP contribution in [-0.4, -0.2) is 29.1 Å². The third-order valence-corrected chi connectivity index (χ3v) is 6.97. The molecule has 1 unspecified atom stereocenters. The van der Waals surface area contributed by atoms with Crippen LogP contribution >= 0.6 is 0 Å². The highest BCUT2D eigenvalue weighted by atomic mass is 19.3. The molecule has 1 saturated heterocycles. The Balaban J connectivity index is 1.39. The summed E-state index contributed by atoms with van der Waals surface area (Å²) in [5.41, 5.74) is 1.63. The predicted molar refractivity (Wildman–Crippen MR) is 110 cm³/mol. The predicted octanol–water partition coefficient (Wildman–Crippen LogP) is 5.45. The number of amides is 1. The second-order valence-corrected chi connectivity index (χ2v) is 8.95. The third kappa shape index (κ3) is 3.82. The molecule has 5 rings (SSSR count). The normalized spacial score (nSPS) is 31.6. The largest absolute Gasteiger partial charge is 0.447 e. The molecule has 0 radical (unpaired) electrons. The number of cyclic esters (lactones) is 1. The van der Waals surface area contributed by atoms with Gasteiger partial charge in [0.2, 0.25) is 5.92 Å². The molecule has 0 bridgehead atoms. The fourth-order valence-electron chi connectivity index (χ4n) is 5.59. The summed E-state index contributed by atoms with van der Waals surface area (Å²) in [4.78, 5) is 16.3. The van der Waals surface area contributed by atoms with Crippen LogP contribution in [0.5, 0.6) is 0 Å². The van der Waals surface area contributed by atoms with Crippen molar-refractivity contribution < 1.29 is 22.7 Å². The van der Waals surface area contributed by atoms with E-state index in [0.29, 0.717) is 18.5 Å². The standard InChI is InChI=1S/C24H23F3N2O2/c25-18-3-1-2-15(10-18)16-4-5-19(28-13-16)6-7-21-20-8-9-24(26,27)12-17(20)11-23(21)14-31-22(30)29-23/h1-7,10,13,17,20-21H,8-9,11-12,14H2,(H,29,30)/b7-6+/t17-,20-,21+,23?/m1/s1. The highest BCUT2D eigenvalue weighted by Gasteiger charge is 2.59. The SMILES string of the molecule is O=C1NC2(CO1)C[C@@H]1CC(F)(F)CC[C@H]1[C@@H]2/C=C/c1ccc(-c2cccc(F)c2)cn1. The fraction of sp³-hybridized carbons (Fsp3) is 0.417. The van der Waals surface area contributed by atoms with Gasteiger partial charge in [-0.3, -0.25) is 4.98 Å². The molecule has 1 aliphatic heterocycles. The van der Waals surface area contributed by atoms with E-state index < -0.39 is 17.6 Å². The molecule has 2 aromatic rings. The Kier molecular flexibility index (Phi) is 4.79. The van der Waals surface area contributed by atoms with Gasteiger partial charge in [0, 0.05) is 30.5 Å². The number of benzene rings is 1. The average Bonchev–Trinajstić information content (AvgIpc) is 3.24. The first-order valence-corrected chi connectivity index (χ1v) is 10.6. The van der Waals surface area contributed by atoms with Gasteiger partial charge in [-0.05, 0) is 54.5 Å². The van der Waals surface area contributed by atoms with Gasteiger partial charge >= 0.3 is 6.09 Å². The van der Waals surface area contributed by atoms with Crippen molar-refractivity contribution in [2.75, 3.05) is 6.61 Å². The third-order valence-electron chi connectivity index (χ3n) is 6.97. The number of fused-ring (bicyclic) bond motifs is 1. The van der Waals surface area contributed by atoms with E-state index in [1.165, 1.54) is 12.1 Å². The van der Waals surface area contributed by atoms with E-state index in [9.17, 15) is 18.0 Å². The highest BCUT2D eigenvalue weighted by Crippen LogP contribution is 2.55. The zero-order valence-corrected chi connectivity index (χ0v) is 16.9. The zero-order valence-electron chi connectivity index (χ0n) is 16.9. The first kappa shape index (κ1) is 20.1. The molecule has 4 nitrogen and oxygen atoms in total. The van der Waals surface area contributed by atoms with Crippen molar-refractivity contribution in [3.05, 3.63) is 60.2 Å². The molecule has 2 heterocycles. The molecular formula is C24H23F3N2O2. The maximum absolute atomic E-state index is 14.0. The molecular weight excluding hydrogens is 405 g/mol. The van der Waals surface area contributed by atoms with Gasteiger partial charge in [0.05, 0.1) is 11.2 Å². The molecule has 3 aliphatic rings. The second-order valence-electron chi connectivity index (χ2n) is 8.95. The lowest BCUT2D eigenvalue weighted by atomic mass is 9.75. The van der Waals surface area contributed by atoms with Crippen molar-refractivity contribution in [3.63, 3.8) is 0 Å².